The Labute approximate surface area is 193 Å². The largest absolute Gasteiger partial charge is 0.492 e. The maximum atomic E-state index is 13.8. The lowest BCUT2D eigenvalue weighted by Gasteiger charge is -2.26. The SMILES string of the molecule is CCC(c1ccccc1)C(C(=O)c1ccc(OCCN(CC)CC)cc1)c1ccccc1. The summed E-state index contributed by atoms with van der Waals surface area (Å²) in [5.74, 6) is 0.857. The molecule has 0 amide bonds. The van der Waals surface area contributed by atoms with E-state index in [0.717, 1.165) is 42.9 Å². The molecule has 0 heterocycles. The summed E-state index contributed by atoms with van der Waals surface area (Å²) in [6.07, 6.45) is 0.891. The van der Waals surface area contributed by atoms with Crippen molar-refractivity contribution in [1.82, 2.24) is 4.90 Å². The van der Waals surface area contributed by atoms with Crippen molar-refractivity contribution in [1.29, 1.82) is 0 Å². The summed E-state index contributed by atoms with van der Waals surface area (Å²) in [7, 11) is 0. The van der Waals surface area contributed by atoms with Crippen LogP contribution in [0, 0.1) is 0 Å². The topological polar surface area (TPSA) is 29.5 Å². The van der Waals surface area contributed by atoms with Gasteiger partial charge in [-0.1, -0.05) is 81.4 Å². The number of carbonyl (C=O) groups is 1. The molecule has 0 saturated heterocycles. The number of ether oxygens (including phenoxy) is 1. The van der Waals surface area contributed by atoms with Crippen molar-refractivity contribution < 1.29 is 9.53 Å². The summed E-state index contributed by atoms with van der Waals surface area (Å²) < 4.78 is 5.90. The first kappa shape index (κ1) is 23.7. The molecule has 0 radical (unpaired) electrons. The summed E-state index contributed by atoms with van der Waals surface area (Å²) in [6, 6.07) is 28.2. The number of carbonyl (C=O) groups excluding carboxylic acids is 1. The Hall–Kier alpha value is -2.91. The van der Waals surface area contributed by atoms with Crippen molar-refractivity contribution in [3.05, 3.63) is 102 Å². The second kappa shape index (κ2) is 12.2. The predicted molar refractivity (Wildman–Crippen MR) is 133 cm³/mol. The second-order valence-electron chi connectivity index (χ2n) is 8.08. The van der Waals surface area contributed by atoms with Crippen molar-refractivity contribution in [2.75, 3.05) is 26.2 Å². The number of rotatable bonds is 12. The Morgan fingerprint density at radius 2 is 1.34 bits per heavy atom. The first-order chi connectivity index (χ1) is 15.7. The lowest BCUT2D eigenvalue weighted by Crippen LogP contribution is -2.27. The lowest BCUT2D eigenvalue weighted by molar-refractivity contribution is 0.0945. The predicted octanol–water partition coefficient (Wildman–Crippen LogP) is 6.57. The van der Waals surface area contributed by atoms with E-state index in [2.05, 4.69) is 62.1 Å². The van der Waals surface area contributed by atoms with Crippen LogP contribution in [0.15, 0.2) is 84.9 Å². The van der Waals surface area contributed by atoms with Gasteiger partial charge in [0.25, 0.3) is 0 Å². The average molecular weight is 430 g/mol. The number of hydrogen-bond donors (Lipinski definition) is 0. The molecule has 0 bridgehead atoms. The van der Waals surface area contributed by atoms with Crippen LogP contribution >= 0.6 is 0 Å². The molecule has 3 rings (SSSR count). The quantitative estimate of drug-likeness (QED) is 0.305. The molecule has 0 aliphatic carbocycles. The van der Waals surface area contributed by atoms with Crippen LogP contribution in [0.25, 0.3) is 0 Å². The van der Waals surface area contributed by atoms with Crippen molar-refractivity contribution in [2.45, 2.75) is 39.0 Å². The highest BCUT2D eigenvalue weighted by molar-refractivity contribution is 6.01. The third-order valence-corrected chi connectivity index (χ3v) is 6.22. The maximum absolute atomic E-state index is 13.8. The van der Waals surface area contributed by atoms with Gasteiger partial charge in [-0.15, -0.1) is 0 Å². The number of Topliss-reactive ketones (excluding diaryl/α,β-unsaturated/α-hetero) is 1. The Morgan fingerprint density at radius 1 is 0.781 bits per heavy atom. The number of ketones is 1. The van der Waals surface area contributed by atoms with Gasteiger partial charge in [0.1, 0.15) is 12.4 Å². The minimum absolute atomic E-state index is 0.121. The molecule has 0 spiro atoms. The third kappa shape index (κ3) is 6.08. The second-order valence-corrected chi connectivity index (χ2v) is 8.08. The highest BCUT2D eigenvalue weighted by atomic mass is 16.5. The molecule has 3 heteroatoms. The Balaban J connectivity index is 1.81. The number of hydrogen-bond acceptors (Lipinski definition) is 3. The summed E-state index contributed by atoms with van der Waals surface area (Å²) in [6.45, 7) is 10.1. The van der Waals surface area contributed by atoms with E-state index in [4.69, 9.17) is 4.74 Å². The Morgan fingerprint density at radius 3 is 1.88 bits per heavy atom. The van der Waals surface area contributed by atoms with Crippen LogP contribution in [0.5, 0.6) is 5.75 Å². The van der Waals surface area contributed by atoms with Gasteiger partial charge in [0, 0.05) is 12.1 Å². The van der Waals surface area contributed by atoms with Crippen molar-refractivity contribution in [3.63, 3.8) is 0 Å². The zero-order valence-corrected chi connectivity index (χ0v) is 19.5. The van der Waals surface area contributed by atoms with E-state index >= 15 is 0 Å². The van der Waals surface area contributed by atoms with Gasteiger partial charge in [-0.3, -0.25) is 4.79 Å². The van der Waals surface area contributed by atoms with Crippen molar-refractivity contribution >= 4 is 5.78 Å². The molecular formula is C29H35NO2. The van der Waals surface area contributed by atoms with Gasteiger partial charge in [-0.2, -0.15) is 0 Å². The molecule has 0 aromatic heterocycles. The van der Waals surface area contributed by atoms with Crippen LogP contribution in [0.1, 0.15) is 60.5 Å². The van der Waals surface area contributed by atoms with E-state index in [9.17, 15) is 4.79 Å². The highest BCUT2D eigenvalue weighted by Crippen LogP contribution is 2.38. The molecule has 0 saturated carbocycles. The molecule has 0 aliphatic rings. The van der Waals surface area contributed by atoms with Crippen LogP contribution in [0.2, 0.25) is 0 Å². The molecule has 2 atom stereocenters. The summed E-state index contributed by atoms with van der Waals surface area (Å²) >= 11 is 0. The van der Waals surface area contributed by atoms with Gasteiger partial charge in [0.2, 0.25) is 0 Å². The normalized spacial score (nSPS) is 13.0. The number of likely N-dealkylation sites (N-methyl/N-ethyl adjacent to an activating group) is 1. The maximum Gasteiger partial charge on any atom is 0.170 e. The van der Waals surface area contributed by atoms with E-state index in [0.29, 0.717) is 6.61 Å². The monoisotopic (exact) mass is 429 g/mol. The van der Waals surface area contributed by atoms with Gasteiger partial charge < -0.3 is 9.64 Å². The van der Waals surface area contributed by atoms with E-state index in [1.54, 1.807) is 0 Å². The summed E-state index contributed by atoms with van der Waals surface area (Å²) in [4.78, 5) is 16.1. The fraction of sp³-hybridized carbons (Fsp3) is 0.345. The minimum Gasteiger partial charge on any atom is -0.492 e. The zero-order chi connectivity index (χ0) is 22.8. The van der Waals surface area contributed by atoms with E-state index in [-0.39, 0.29) is 17.6 Å². The van der Waals surface area contributed by atoms with Crippen LogP contribution in [-0.4, -0.2) is 36.9 Å². The Bertz CT molecular complexity index is 934. The van der Waals surface area contributed by atoms with E-state index in [1.807, 2.05) is 48.5 Å². The molecule has 2 unspecified atom stereocenters. The molecule has 0 fully saturated rings. The van der Waals surface area contributed by atoms with E-state index < -0.39 is 0 Å². The van der Waals surface area contributed by atoms with Gasteiger partial charge in [-0.25, -0.2) is 0 Å². The molecule has 0 aliphatic heterocycles. The molecular weight excluding hydrogens is 394 g/mol. The standard InChI is InChI=1S/C29H35NO2/c1-4-27(23-13-9-7-10-14-23)28(24-15-11-8-12-16-24)29(31)25-17-19-26(20-18-25)32-22-21-30(5-2)6-3/h7-20,27-28H,4-6,21-22H2,1-3H3. The van der Waals surface area contributed by atoms with Crippen LogP contribution in [0.3, 0.4) is 0 Å². The summed E-state index contributed by atoms with van der Waals surface area (Å²) in [5.41, 5.74) is 2.99. The molecule has 3 aromatic rings. The van der Waals surface area contributed by atoms with E-state index in [1.165, 1.54) is 5.56 Å². The highest BCUT2D eigenvalue weighted by Gasteiger charge is 2.30. The van der Waals surface area contributed by atoms with Crippen LogP contribution in [0.4, 0.5) is 0 Å². The van der Waals surface area contributed by atoms with Crippen LogP contribution in [-0.2, 0) is 0 Å². The van der Waals surface area contributed by atoms with Gasteiger partial charge in [-0.05, 0) is 60.8 Å². The van der Waals surface area contributed by atoms with Crippen molar-refractivity contribution in [3.8, 4) is 5.75 Å². The molecule has 3 nitrogen and oxygen atoms in total. The third-order valence-electron chi connectivity index (χ3n) is 6.22. The number of nitrogens with zero attached hydrogens (tertiary/aromatic N) is 1. The lowest BCUT2D eigenvalue weighted by atomic mass is 9.76. The fourth-order valence-electron chi connectivity index (χ4n) is 4.32. The van der Waals surface area contributed by atoms with Crippen LogP contribution < -0.4 is 4.74 Å². The van der Waals surface area contributed by atoms with Gasteiger partial charge in [0.15, 0.2) is 5.78 Å². The van der Waals surface area contributed by atoms with Crippen molar-refractivity contribution in [2.24, 2.45) is 0 Å². The van der Waals surface area contributed by atoms with Gasteiger partial charge >= 0.3 is 0 Å². The number of benzene rings is 3. The first-order valence-electron chi connectivity index (χ1n) is 11.8. The zero-order valence-electron chi connectivity index (χ0n) is 19.5. The molecule has 0 N–H and O–H groups in total. The average Bonchev–Trinajstić information content (AvgIpc) is 2.86. The minimum atomic E-state index is -0.224. The molecule has 3 aromatic carbocycles. The summed E-state index contributed by atoms with van der Waals surface area (Å²) in [5, 5.41) is 0. The molecule has 32 heavy (non-hydrogen) atoms. The first-order valence-corrected chi connectivity index (χ1v) is 11.8. The Kier molecular flexibility index (Phi) is 9.06. The molecule has 168 valence electrons. The smallest absolute Gasteiger partial charge is 0.170 e. The van der Waals surface area contributed by atoms with Gasteiger partial charge in [0.05, 0.1) is 5.92 Å². The fourth-order valence-corrected chi connectivity index (χ4v) is 4.32.